The van der Waals surface area contributed by atoms with Crippen LogP contribution in [0.2, 0.25) is 0 Å². The lowest BCUT2D eigenvalue weighted by atomic mass is 9.98. The predicted octanol–water partition coefficient (Wildman–Crippen LogP) is 4.82. The van der Waals surface area contributed by atoms with Gasteiger partial charge in [-0.15, -0.1) is 0 Å². The SMILES string of the molecule is COc1ccc(-c2cnn(C(CC(=O)c3ccccc3)c3ccccc3)n2)cc1. The van der Waals surface area contributed by atoms with E-state index in [9.17, 15) is 4.79 Å². The molecule has 4 aromatic rings. The number of Topliss-reactive ketones (excluding diaryl/α,β-unsaturated/α-hetero) is 1. The zero-order valence-electron chi connectivity index (χ0n) is 16.1. The Morgan fingerprint density at radius 2 is 1.59 bits per heavy atom. The topological polar surface area (TPSA) is 57.0 Å². The second kappa shape index (κ2) is 8.52. The molecule has 5 heteroatoms. The van der Waals surface area contributed by atoms with E-state index >= 15 is 0 Å². The van der Waals surface area contributed by atoms with Crippen LogP contribution in [0.15, 0.2) is 91.1 Å². The van der Waals surface area contributed by atoms with Crippen molar-refractivity contribution < 1.29 is 9.53 Å². The highest BCUT2D eigenvalue weighted by atomic mass is 16.5. The zero-order valence-corrected chi connectivity index (χ0v) is 16.1. The fourth-order valence-corrected chi connectivity index (χ4v) is 3.25. The summed E-state index contributed by atoms with van der Waals surface area (Å²) in [6, 6.07) is 26.6. The van der Waals surface area contributed by atoms with Crippen LogP contribution in [0.1, 0.15) is 28.4 Å². The highest BCUT2D eigenvalue weighted by Gasteiger charge is 2.21. The monoisotopic (exact) mass is 383 g/mol. The van der Waals surface area contributed by atoms with Gasteiger partial charge in [-0.2, -0.15) is 15.0 Å². The number of carbonyl (C=O) groups excluding carboxylic acids is 1. The van der Waals surface area contributed by atoms with Gasteiger partial charge in [0.1, 0.15) is 17.5 Å². The Labute approximate surface area is 169 Å². The molecule has 0 fully saturated rings. The molecular formula is C24H21N3O2. The zero-order chi connectivity index (χ0) is 20.1. The van der Waals surface area contributed by atoms with Crippen molar-refractivity contribution in [3.05, 3.63) is 102 Å². The highest BCUT2D eigenvalue weighted by Crippen LogP contribution is 2.25. The fraction of sp³-hybridized carbons (Fsp3) is 0.125. The van der Waals surface area contributed by atoms with E-state index < -0.39 is 0 Å². The largest absolute Gasteiger partial charge is 0.497 e. The Morgan fingerprint density at radius 3 is 2.24 bits per heavy atom. The van der Waals surface area contributed by atoms with Crippen LogP contribution >= 0.6 is 0 Å². The molecule has 144 valence electrons. The molecule has 0 aliphatic heterocycles. The van der Waals surface area contributed by atoms with Gasteiger partial charge >= 0.3 is 0 Å². The van der Waals surface area contributed by atoms with Gasteiger partial charge in [0.15, 0.2) is 5.78 Å². The van der Waals surface area contributed by atoms with Crippen LogP contribution in [0.5, 0.6) is 5.75 Å². The molecular weight excluding hydrogens is 362 g/mol. The average molecular weight is 383 g/mol. The fourth-order valence-electron chi connectivity index (χ4n) is 3.25. The van der Waals surface area contributed by atoms with Crippen molar-refractivity contribution in [2.45, 2.75) is 12.5 Å². The average Bonchev–Trinajstić information content (AvgIpc) is 3.28. The summed E-state index contributed by atoms with van der Waals surface area (Å²) in [5.41, 5.74) is 3.38. The van der Waals surface area contributed by atoms with Crippen molar-refractivity contribution in [1.82, 2.24) is 15.0 Å². The summed E-state index contributed by atoms with van der Waals surface area (Å²) >= 11 is 0. The second-order valence-corrected chi connectivity index (χ2v) is 6.70. The summed E-state index contributed by atoms with van der Waals surface area (Å²) in [7, 11) is 1.64. The van der Waals surface area contributed by atoms with E-state index in [1.54, 1.807) is 18.1 Å². The van der Waals surface area contributed by atoms with Crippen molar-refractivity contribution in [2.24, 2.45) is 0 Å². The summed E-state index contributed by atoms with van der Waals surface area (Å²) in [5.74, 6) is 0.847. The summed E-state index contributed by atoms with van der Waals surface area (Å²) in [6.45, 7) is 0. The van der Waals surface area contributed by atoms with Crippen LogP contribution in [0.25, 0.3) is 11.3 Å². The molecule has 0 bridgehead atoms. The van der Waals surface area contributed by atoms with Gasteiger partial charge in [0.05, 0.1) is 13.3 Å². The minimum absolute atomic E-state index is 0.0581. The standard InChI is InChI=1S/C24H21N3O2/c1-29-21-14-12-18(13-15-21)22-17-25-27(26-22)23(19-8-4-2-5-9-19)16-24(28)20-10-6-3-7-11-20/h2-15,17,23H,16H2,1H3. The first-order chi connectivity index (χ1) is 14.2. The number of ether oxygens (including phenoxy) is 1. The minimum Gasteiger partial charge on any atom is -0.497 e. The van der Waals surface area contributed by atoms with Crippen molar-refractivity contribution in [3.8, 4) is 17.0 Å². The van der Waals surface area contributed by atoms with Gasteiger partial charge in [-0.1, -0.05) is 60.7 Å². The van der Waals surface area contributed by atoms with E-state index in [1.807, 2.05) is 84.9 Å². The van der Waals surface area contributed by atoms with Gasteiger partial charge in [0.25, 0.3) is 0 Å². The molecule has 0 amide bonds. The van der Waals surface area contributed by atoms with E-state index in [4.69, 9.17) is 4.74 Å². The maximum atomic E-state index is 12.9. The van der Waals surface area contributed by atoms with Crippen molar-refractivity contribution in [2.75, 3.05) is 7.11 Å². The summed E-state index contributed by atoms with van der Waals surface area (Å²) in [6.07, 6.45) is 2.01. The van der Waals surface area contributed by atoms with E-state index in [1.165, 1.54) is 0 Å². The lowest BCUT2D eigenvalue weighted by Gasteiger charge is -2.16. The lowest BCUT2D eigenvalue weighted by molar-refractivity contribution is 0.0964. The Kier molecular flexibility index (Phi) is 5.47. The number of carbonyl (C=O) groups is 1. The van der Waals surface area contributed by atoms with Crippen LogP contribution in [-0.4, -0.2) is 27.9 Å². The van der Waals surface area contributed by atoms with Gasteiger partial charge in [0.2, 0.25) is 0 Å². The molecule has 4 rings (SSSR count). The summed E-state index contributed by atoms with van der Waals surface area (Å²) in [4.78, 5) is 14.5. The number of rotatable bonds is 7. The van der Waals surface area contributed by atoms with Crippen LogP contribution in [0.3, 0.4) is 0 Å². The first-order valence-electron chi connectivity index (χ1n) is 9.44. The molecule has 0 saturated carbocycles. The second-order valence-electron chi connectivity index (χ2n) is 6.70. The lowest BCUT2D eigenvalue weighted by Crippen LogP contribution is -2.18. The van der Waals surface area contributed by atoms with Gasteiger partial charge in [-0.05, 0) is 29.8 Å². The van der Waals surface area contributed by atoms with Gasteiger partial charge in [-0.3, -0.25) is 4.79 Å². The minimum atomic E-state index is -0.282. The molecule has 1 heterocycles. The van der Waals surface area contributed by atoms with Crippen molar-refractivity contribution in [3.63, 3.8) is 0 Å². The number of nitrogens with zero attached hydrogens (tertiary/aromatic N) is 3. The normalized spacial score (nSPS) is 11.8. The Bertz CT molecular complexity index is 1070. The highest BCUT2D eigenvalue weighted by molar-refractivity contribution is 5.96. The smallest absolute Gasteiger partial charge is 0.165 e. The first-order valence-corrected chi connectivity index (χ1v) is 9.44. The molecule has 0 spiro atoms. The number of hydrogen-bond acceptors (Lipinski definition) is 4. The molecule has 0 N–H and O–H groups in total. The van der Waals surface area contributed by atoms with Crippen LogP contribution in [0.4, 0.5) is 0 Å². The maximum absolute atomic E-state index is 12.9. The van der Waals surface area contributed by atoms with Crippen LogP contribution in [0, 0.1) is 0 Å². The maximum Gasteiger partial charge on any atom is 0.165 e. The molecule has 1 atom stereocenters. The van der Waals surface area contributed by atoms with E-state index in [-0.39, 0.29) is 18.2 Å². The first kappa shape index (κ1) is 18.6. The van der Waals surface area contributed by atoms with Gasteiger partial charge in [0, 0.05) is 17.5 Å². The molecule has 0 aliphatic rings. The van der Waals surface area contributed by atoms with E-state index in [0.717, 1.165) is 22.6 Å². The van der Waals surface area contributed by atoms with E-state index in [0.29, 0.717) is 5.56 Å². The molecule has 1 unspecified atom stereocenters. The summed E-state index contributed by atoms with van der Waals surface area (Å²) in [5, 5.41) is 9.15. The Hall–Kier alpha value is -3.73. The van der Waals surface area contributed by atoms with Crippen LogP contribution in [-0.2, 0) is 0 Å². The predicted molar refractivity (Wildman–Crippen MR) is 112 cm³/mol. The number of ketones is 1. The molecule has 5 nitrogen and oxygen atoms in total. The molecule has 1 aromatic heterocycles. The third-order valence-electron chi connectivity index (χ3n) is 4.83. The number of aromatic nitrogens is 3. The number of benzene rings is 3. The molecule has 0 radical (unpaired) electrons. The van der Waals surface area contributed by atoms with Crippen LogP contribution < -0.4 is 4.74 Å². The van der Waals surface area contributed by atoms with Gasteiger partial charge < -0.3 is 4.74 Å². The van der Waals surface area contributed by atoms with Crippen molar-refractivity contribution in [1.29, 1.82) is 0 Å². The third-order valence-corrected chi connectivity index (χ3v) is 4.83. The third kappa shape index (κ3) is 4.24. The Balaban J connectivity index is 1.65. The Morgan fingerprint density at radius 1 is 0.931 bits per heavy atom. The number of methoxy groups -OCH3 is 1. The summed E-state index contributed by atoms with van der Waals surface area (Å²) < 4.78 is 5.21. The number of hydrogen-bond donors (Lipinski definition) is 0. The van der Waals surface area contributed by atoms with E-state index in [2.05, 4.69) is 10.2 Å². The molecule has 29 heavy (non-hydrogen) atoms. The van der Waals surface area contributed by atoms with Crippen molar-refractivity contribution >= 4 is 5.78 Å². The molecule has 0 aliphatic carbocycles. The van der Waals surface area contributed by atoms with Gasteiger partial charge in [-0.25, -0.2) is 0 Å². The molecule has 0 saturated heterocycles. The quantitative estimate of drug-likeness (QED) is 0.430. The molecule has 3 aromatic carbocycles.